The Bertz CT molecular complexity index is 410. The van der Waals surface area contributed by atoms with Gasteiger partial charge in [0.2, 0.25) is 0 Å². The maximum Gasteiger partial charge on any atom is 0.0779 e. The normalized spacial score (nSPS) is 27.9. The minimum absolute atomic E-state index is 0.409. The van der Waals surface area contributed by atoms with Crippen LogP contribution >= 0.6 is 0 Å². The molecule has 1 aliphatic carbocycles. The third-order valence-electron chi connectivity index (χ3n) is 4.29. The van der Waals surface area contributed by atoms with Gasteiger partial charge in [0.05, 0.1) is 30.1 Å². The second kappa shape index (κ2) is 4.81. The lowest BCUT2D eigenvalue weighted by molar-refractivity contribution is -0.00866. The number of morpholine rings is 1. The predicted molar refractivity (Wildman–Crippen MR) is 74.9 cm³/mol. The van der Waals surface area contributed by atoms with Crippen molar-refractivity contribution in [2.24, 2.45) is 0 Å². The van der Waals surface area contributed by atoms with Gasteiger partial charge in [-0.2, -0.15) is 0 Å². The van der Waals surface area contributed by atoms with E-state index in [0.29, 0.717) is 12.1 Å². The predicted octanol–water partition coefficient (Wildman–Crippen LogP) is 2.73. The van der Waals surface area contributed by atoms with Crippen molar-refractivity contribution in [2.45, 2.75) is 44.8 Å². The molecule has 1 saturated carbocycles. The van der Waals surface area contributed by atoms with E-state index in [9.17, 15) is 0 Å². The van der Waals surface area contributed by atoms with Crippen molar-refractivity contribution in [2.75, 3.05) is 23.8 Å². The lowest BCUT2D eigenvalue weighted by Crippen LogP contribution is -2.53. The summed E-state index contributed by atoms with van der Waals surface area (Å²) in [5.74, 6) is 0. The largest absolute Gasteiger partial charge is 0.397 e. The van der Waals surface area contributed by atoms with E-state index < -0.39 is 0 Å². The summed E-state index contributed by atoms with van der Waals surface area (Å²) in [5.41, 5.74) is 9.61. The van der Waals surface area contributed by atoms with E-state index in [1.165, 1.54) is 36.9 Å². The SMILES string of the molecule is Cc1cccc(N)c1N1CCOC2CCCCC21. The number of rotatable bonds is 1. The lowest BCUT2D eigenvalue weighted by Gasteiger charge is -2.45. The van der Waals surface area contributed by atoms with Gasteiger partial charge in [0.15, 0.2) is 0 Å². The van der Waals surface area contributed by atoms with E-state index >= 15 is 0 Å². The van der Waals surface area contributed by atoms with Gasteiger partial charge in [-0.15, -0.1) is 0 Å². The first kappa shape index (κ1) is 11.8. The van der Waals surface area contributed by atoms with Gasteiger partial charge in [-0.1, -0.05) is 25.0 Å². The Balaban J connectivity index is 1.94. The molecular weight excluding hydrogens is 224 g/mol. The maximum atomic E-state index is 6.19. The van der Waals surface area contributed by atoms with Crippen molar-refractivity contribution in [1.29, 1.82) is 0 Å². The molecule has 1 aliphatic heterocycles. The van der Waals surface area contributed by atoms with E-state index in [2.05, 4.69) is 17.9 Å². The van der Waals surface area contributed by atoms with E-state index in [0.717, 1.165) is 18.8 Å². The fraction of sp³-hybridized carbons (Fsp3) is 0.600. The van der Waals surface area contributed by atoms with Crippen LogP contribution in [0.1, 0.15) is 31.2 Å². The molecule has 3 rings (SSSR count). The number of fused-ring (bicyclic) bond motifs is 1. The highest BCUT2D eigenvalue weighted by atomic mass is 16.5. The van der Waals surface area contributed by atoms with E-state index in [1.807, 2.05) is 12.1 Å². The van der Waals surface area contributed by atoms with Crippen molar-refractivity contribution >= 4 is 11.4 Å². The highest BCUT2D eigenvalue weighted by Gasteiger charge is 2.35. The molecule has 0 aromatic heterocycles. The summed E-state index contributed by atoms with van der Waals surface area (Å²) < 4.78 is 5.93. The molecule has 0 amide bonds. The molecule has 0 bridgehead atoms. The molecule has 18 heavy (non-hydrogen) atoms. The number of hydrogen-bond donors (Lipinski definition) is 1. The van der Waals surface area contributed by atoms with Crippen LogP contribution in [0.5, 0.6) is 0 Å². The highest BCUT2D eigenvalue weighted by molar-refractivity contribution is 5.72. The van der Waals surface area contributed by atoms with Crippen LogP contribution < -0.4 is 10.6 Å². The zero-order chi connectivity index (χ0) is 12.5. The summed E-state index contributed by atoms with van der Waals surface area (Å²) in [6.07, 6.45) is 5.46. The second-order valence-corrected chi connectivity index (χ2v) is 5.47. The Hall–Kier alpha value is -1.22. The molecule has 1 aromatic carbocycles. The summed E-state index contributed by atoms with van der Waals surface area (Å²) >= 11 is 0. The molecule has 1 saturated heterocycles. The fourth-order valence-electron chi connectivity index (χ4n) is 3.45. The van der Waals surface area contributed by atoms with Crippen LogP contribution in [0.2, 0.25) is 0 Å². The van der Waals surface area contributed by atoms with Crippen molar-refractivity contribution in [3.63, 3.8) is 0 Å². The van der Waals surface area contributed by atoms with Crippen LogP contribution in [0.4, 0.5) is 11.4 Å². The van der Waals surface area contributed by atoms with Crippen molar-refractivity contribution in [3.8, 4) is 0 Å². The molecule has 2 N–H and O–H groups in total. The summed E-state index contributed by atoms with van der Waals surface area (Å²) in [4.78, 5) is 2.50. The average molecular weight is 246 g/mol. The van der Waals surface area contributed by atoms with Gasteiger partial charge in [0.1, 0.15) is 0 Å². The maximum absolute atomic E-state index is 6.19. The minimum Gasteiger partial charge on any atom is -0.397 e. The third kappa shape index (κ3) is 1.97. The van der Waals surface area contributed by atoms with Gasteiger partial charge in [-0.3, -0.25) is 0 Å². The van der Waals surface area contributed by atoms with Gasteiger partial charge < -0.3 is 15.4 Å². The monoisotopic (exact) mass is 246 g/mol. The minimum atomic E-state index is 0.409. The smallest absolute Gasteiger partial charge is 0.0779 e. The number of benzene rings is 1. The van der Waals surface area contributed by atoms with Crippen LogP contribution in [0, 0.1) is 6.92 Å². The number of nitrogens with zero attached hydrogens (tertiary/aromatic N) is 1. The van der Waals surface area contributed by atoms with Gasteiger partial charge in [0, 0.05) is 6.54 Å². The summed E-state index contributed by atoms with van der Waals surface area (Å²) in [5, 5.41) is 0. The van der Waals surface area contributed by atoms with Crippen LogP contribution in [0.3, 0.4) is 0 Å². The summed E-state index contributed by atoms with van der Waals surface area (Å²) in [6, 6.07) is 6.72. The van der Waals surface area contributed by atoms with E-state index in [1.54, 1.807) is 0 Å². The average Bonchev–Trinajstić information content (AvgIpc) is 2.39. The van der Waals surface area contributed by atoms with Crippen LogP contribution in [0.15, 0.2) is 18.2 Å². The Labute approximate surface area is 109 Å². The number of para-hydroxylation sites is 1. The van der Waals surface area contributed by atoms with Crippen molar-refractivity contribution in [3.05, 3.63) is 23.8 Å². The van der Waals surface area contributed by atoms with Crippen molar-refractivity contribution < 1.29 is 4.74 Å². The zero-order valence-electron chi connectivity index (χ0n) is 11.1. The van der Waals surface area contributed by atoms with Crippen molar-refractivity contribution in [1.82, 2.24) is 0 Å². The van der Waals surface area contributed by atoms with Gasteiger partial charge >= 0.3 is 0 Å². The van der Waals surface area contributed by atoms with Gasteiger partial charge in [-0.25, -0.2) is 0 Å². The number of anilines is 2. The molecule has 0 spiro atoms. The Morgan fingerprint density at radius 3 is 2.94 bits per heavy atom. The molecule has 2 unspecified atom stereocenters. The zero-order valence-corrected chi connectivity index (χ0v) is 11.1. The summed E-state index contributed by atoms with van der Waals surface area (Å²) in [7, 11) is 0. The molecule has 1 aromatic rings. The van der Waals surface area contributed by atoms with Crippen LogP contribution in [-0.4, -0.2) is 25.3 Å². The molecule has 2 atom stereocenters. The third-order valence-corrected chi connectivity index (χ3v) is 4.29. The van der Waals surface area contributed by atoms with Gasteiger partial charge in [0.25, 0.3) is 0 Å². The van der Waals surface area contributed by atoms with Gasteiger partial charge in [-0.05, 0) is 31.4 Å². The highest BCUT2D eigenvalue weighted by Crippen LogP contribution is 2.36. The molecule has 98 valence electrons. The number of hydrogen-bond acceptors (Lipinski definition) is 3. The Morgan fingerprint density at radius 2 is 2.11 bits per heavy atom. The van der Waals surface area contributed by atoms with E-state index in [-0.39, 0.29) is 0 Å². The molecule has 0 radical (unpaired) electrons. The molecule has 3 heteroatoms. The Morgan fingerprint density at radius 1 is 1.28 bits per heavy atom. The second-order valence-electron chi connectivity index (χ2n) is 5.47. The fourth-order valence-corrected chi connectivity index (χ4v) is 3.45. The first-order valence-electron chi connectivity index (χ1n) is 7.00. The Kier molecular flexibility index (Phi) is 3.16. The summed E-state index contributed by atoms with van der Waals surface area (Å²) in [6.45, 7) is 3.95. The number of nitrogens with two attached hydrogens (primary N) is 1. The van der Waals surface area contributed by atoms with E-state index in [4.69, 9.17) is 10.5 Å². The standard InChI is InChI=1S/C15H22N2O/c1-11-5-4-6-12(16)15(11)17-9-10-18-14-8-3-2-7-13(14)17/h4-6,13-14H,2-3,7-10,16H2,1H3. The molecule has 1 heterocycles. The first-order valence-corrected chi connectivity index (χ1v) is 7.00. The molecule has 3 nitrogen and oxygen atoms in total. The quantitative estimate of drug-likeness (QED) is 0.774. The first-order chi connectivity index (χ1) is 8.77. The van der Waals surface area contributed by atoms with Crippen LogP contribution in [0.25, 0.3) is 0 Å². The number of aryl methyl sites for hydroxylation is 1. The molecule has 2 aliphatic rings. The number of ether oxygens (including phenoxy) is 1. The topological polar surface area (TPSA) is 38.5 Å². The lowest BCUT2D eigenvalue weighted by atomic mass is 9.89. The molecule has 2 fully saturated rings. The number of nitrogen functional groups attached to an aromatic ring is 1. The molecular formula is C15H22N2O. The van der Waals surface area contributed by atoms with Crippen LogP contribution in [-0.2, 0) is 4.74 Å².